The number of imide groups is 1. The number of carbonyl (C=O) groups excluding carboxylic acids is 4. The number of thioether (sulfide) groups is 1. The number of fused-ring (bicyclic) bond motifs is 1. The molecular weight excluding hydrogens is 1280 g/mol. The number of sulfone groups is 1. The summed E-state index contributed by atoms with van der Waals surface area (Å²) in [5, 5.41) is 6.09. The van der Waals surface area contributed by atoms with Gasteiger partial charge in [0.25, 0.3) is 31.7 Å². The van der Waals surface area contributed by atoms with E-state index < -0.39 is 64.7 Å². The summed E-state index contributed by atoms with van der Waals surface area (Å²) in [5.41, 5.74) is 1.43. The quantitative estimate of drug-likeness (QED) is 0.0412. The van der Waals surface area contributed by atoms with Crippen molar-refractivity contribution in [3.63, 3.8) is 0 Å². The van der Waals surface area contributed by atoms with Crippen LogP contribution in [0.2, 0.25) is 5.02 Å². The van der Waals surface area contributed by atoms with Gasteiger partial charge in [-0.15, -0.1) is 11.8 Å². The Labute approximate surface area is 552 Å². The second-order valence-electron chi connectivity index (χ2n) is 25.6. The van der Waals surface area contributed by atoms with Crippen molar-refractivity contribution in [1.82, 2.24) is 34.5 Å². The van der Waals surface area contributed by atoms with E-state index in [1.807, 2.05) is 59.3 Å². The number of sulfonamides is 1. The Hall–Kier alpha value is -6.35. The summed E-state index contributed by atoms with van der Waals surface area (Å²) in [6.07, 6.45) is 6.67. The Kier molecular flexibility index (Phi) is 21.8. The second-order valence-corrected chi connectivity index (χ2v) is 30.7. The van der Waals surface area contributed by atoms with Gasteiger partial charge in [0.05, 0.1) is 17.2 Å². The number of aryl methyl sites for hydroxylation is 1. The maximum atomic E-state index is 14.4. The van der Waals surface area contributed by atoms with Gasteiger partial charge in [0.1, 0.15) is 10.9 Å². The van der Waals surface area contributed by atoms with Crippen molar-refractivity contribution in [3.05, 3.63) is 154 Å². The van der Waals surface area contributed by atoms with Crippen molar-refractivity contribution in [1.29, 1.82) is 0 Å². The number of piperidine rings is 1. The normalized spacial score (nSPS) is 21.3. The number of rotatable bonds is 23. The predicted octanol–water partition coefficient (Wildman–Crippen LogP) is 9.21. The molecule has 498 valence electrons. The predicted molar refractivity (Wildman–Crippen MR) is 355 cm³/mol. The van der Waals surface area contributed by atoms with Crippen LogP contribution < -0.4 is 20.3 Å². The van der Waals surface area contributed by atoms with Gasteiger partial charge in [0, 0.05) is 143 Å². The number of benzene rings is 5. The Balaban J connectivity index is 0.675. The smallest absolute Gasteiger partial charge is 0.380 e. The molecule has 0 saturated carbocycles. The molecule has 11 rings (SSSR count). The molecule has 25 heteroatoms. The fraction of sp³-hybridized carbons (Fsp3) is 0.471. The van der Waals surface area contributed by atoms with Crippen molar-refractivity contribution >= 4 is 83.8 Å². The average molecular weight is 1360 g/mol. The van der Waals surface area contributed by atoms with Crippen LogP contribution in [0.25, 0.3) is 5.57 Å². The number of hydrogen-bond acceptors (Lipinski definition) is 16. The molecule has 18 nitrogen and oxygen atoms in total. The largest absolute Gasteiger partial charge is 0.501 e. The first kappa shape index (κ1) is 68.0. The molecule has 0 aromatic heterocycles. The highest BCUT2D eigenvalue weighted by atomic mass is 35.5. The third kappa shape index (κ3) is 17.0. The molecule has 4 saturated heterocycles. The Morgan fingerprint density at radius 1 is 0.796 bits per heavy atom. The van der Waals surface area contributed by atoms with E-state index in [1.165, 1.54) is 46.2 Å². The first-order valence-electron chi connectivity index (χ1n) is 32.1. The second kappa shape index (κ2) is 29.7. The van der Waals surface area contributed by atoms with E-state index in [4.69, 9.17) is 16.3 Å². The molecule has 3 N–H and O–H groups in total. The van der Waals surface area contributed by atoms with Crippen molar-refractivity contribution in [2.45, 2.75) is 104 Å². The number of halogens is 4. The van der Waals surface area contributed by atoms with E-state index in [0.29, 0.717) is 81.2 Å². The van der Waals surface area contributed by atoms with Gasteiger partial charge in [-0.25, -0.2) is 21.6 Å². The lowest BCUT2D eigenvalue weighted by Crippen LogP contribution is -2.52. The van der Waals surface area contributed by atoms with Crippen LogP contribution in [0.4, 0.5) is 24.5 Å². The number of anilines is 2. The van der Waals surface area contributed by atoms with Crippen LogP contribution in [-0.4, -0.2) is 193 Å². The van der Waals surface area contributed by atoms with E-state index in [9.17, 15) is 49.2 Å². The monoisotopic (exact) mass is 1360 g/mol. The minimum Gasteiger partial charge on any atom is -0.380 e. The highest BCUT2D eigenvalue weighted by Crippen LogP contribution is 2.44. The number of piperazine rings is 2. The Bertz CT molecular complexity index is 3770. The van der Waals surface area contributed by atoms with Gasteiger partial charge < -0.3 is 34.6 Å². The lowest BCUT2D eigenvalue weighted by molar-refractivity contribution is -0.136. The molecule has 1 aliphatic carbocycles. The molecule has 3 atom stereocenters. The summed E-state index contributed by atoms with van der Waals surface area (Å²) in [7, 11) is -11.0. The summed E-state index contributed by atoms with van der Waals surface area (Å²) in [4.78, 5) is 63.6. The number of amides is 4. The minimum absolute atomic E-state index is 0.0199. The molecule has 5 heterocycles. The standard InChI is InChI=1S/C68H81ClF3N9O9S3/c1-67(47-79-32-30-77(31-33-79)27-5-7-48-10-20-59-51(41-48)45-81(66(59)85)61-22-23-63(82)74-65(61)84)26-24-58(49-11-15-53(69)16-12-49)52(43-67)44-78-34-36-80(37-35-78)55-17-13-50(14-18-55)64(83)75-93(88,89)57-19-21-60(62(42-57)92(86,87)68(70,71)72)73-54(46-91-56-8-3-2-4-9-56)25-29-76-28-6-39-90-40-38-76/h2-4,8-21,41-42,54,61,73H,5-7,22-40,43-47H2,1H3,(H,75,83)(H,74,82,84)/t54-,61?,67-/m1/s1. The number of ether oxygens (including phenoxy) is 1. The maximum absolute atomic E-state index is 14.4. The highest BCUT2D eigenvalue weighted by Gasteiger charge is 2.49. The van der Waals surface area contributed by atoms with Crippen LogP contribution in [0.5, 0.6) is 0 Å². The van der Waals surface area contributed by atoms with Crippen molar-refractivity contribution in [2.24, 2.45) is 5.41 Å². The van der Waals surface area contributed by atoms with E-state index in [1.54, 1.807) is 17.0 Å². The zero-order valence-corrected chi connectivity index (χ0v) is 55.5. The first-order chi connectivity index (χ1) is 44.6. The number of hydrogen-bond donors (Lipinski definition) is 3. The van der Waals surface area contributed by atoms with Crippen LogP contribution >= 0.6 is 23.4 Å². The molecule has 0 bridgehead atoms. The highest BCUT2D eigenvalue weighted by molar-refractivity contribution is 7.99. The van der Waals surface area contributed by atoms with Gasteiger partial charge in [0.2, 0.25) is 11.8 Å². The third-order valence-electron chi connectivity index (χ3n) is 18.9. The van der Waals surface area contributed by atoms with E-state index in [-0.39, 0.29) is 29.2 Å². The summed E-state index contributed by atoms with van der Waals surface area (Å²) < 4.78 is 105. The summed E-state index contributed by atoms with van der Waals surface area (Å²) in [5.74, 6) is -1.54. The minimum atomic E-state index is -6.10. The SMILES string of the molecule is C[C@@]1(CN2CCN(CCCc3ccc4c(c3)CN(C3CCC(=O)NC3=O)C4=O)CC2)CCC(c2ccc(Cl)cc2)=C(CN2CCN(c3ccc(C(=O)NS(=O)(=O)c4ccc(N[C@H](CCN5CCCOCC5)CSc5ccccc5)c(S(=O)(=O)C(F)(F)F)c4)cc3)CC2)C1. The fourth-order valence-electron chi connectivity index (χ4n) is 13.7. The summed E-state index contributed by atoms with van der Waals surface area (Å²) in [6.45, 7) is 15.6. The number of nitrogens with zero attached hydrogens (tertiary/aromatic N) is 6. The number of allylic oxidation sites excluding steroid dienone is 1. The molecule has 6 aliphatic rings. The zero-order chi connectivity index (χ0) is 65.5. The molecule has 4 fully saturated rings. The molecule has 1 unspecified atom stereocenters. The molecule has 0 radical (unpaired) electrons. The fourth-order valence-corrected chi connectivity index (χ4v) is 16.9. The molecule has 5 aromatic carbocycles. The van der Waals surface area contributed by atoms with Crippen molar-refractivity contribution in [3.8, 4) is 0 Å². The van der Waals surface area contributed by atoms with Crippen molar-refractivity contribution < 1.29 is 53.9 Å². The average Bonchev–Trinajstić information content (AvgIpc) is 1.31. The summed E-state index contributed by atoms with van der Waals surface area (Å²) in [6, 6.07) is 31.3. The molecule has 5 aromatic rings. The van der Waals surface area contributed by atoms with Crippen LogP contribution in [-0.2, 0) is 47.2 Å². The number of nitrogens with one attached hydrogen (secondary N) is 3. The van der Waals surface area contributed by atoms with Crippen LogP contribution in [0.15, 0.2) is 136 Å². The molecule has 4 amide bonds. The van der Waals surface area contributed by atoms with Gasteiger partial charge in [-0.05, 0) is 158 Å². The Morgan fingerprint density at radius 2 is 1.52 bits per heavy atom. The Morgan fingerprint density at radius 3 is 2.25 bits per heavy atom. The van der Waals surface area contributed by atoms with E-state index >= 15 is 0 Å². The van der Waals surface area contributed by atoms with Crippen LogP contribution in [0.3, 0.4) is 0 Å². The topological polar surface area (TPSA) is 201 Å². The lowest BCUT2D eigenvalue weighted by Gasteiger charge is -2.44. The third-order valence-corrected chi connectivity index (χ3v) is 23.1. The maximum Gasteiger partial charge on any atom is 0.501 e. The molecular formula is C68H81ClF3N9O9S3. The first-order valence-corrected chi connectivity index (χ1v) is 36.4. The van der Waals surface area contributed by atoms with Gasteiger partial charge in [-0.2, -0.15) is 13.2 Å². The molecule has 93 heavy (non-hydrogen) atoms. The molecule has 5 aliphatic heterocycles. The summed E-state index contributed by atoms with van der Waals surface area (Å²) >= 11 is 7.83. The molecule has 0 spiro atoms. The van der Waals surface area contributed by atoms with Crippen LogP contribution in [0.1, 0.15) is 95.7 Å². The zero-order valence-electron chi connectivity index (χ0n) is 52.3. The van der Waals surface area contributed by atoms with Gasteiger partial charge >= 0.3 is 5.51 Å². The lowest BCUT2D eigenvalue weighted by atomic mass is 9.71. The van der Waals surface area contributed by atoms with Gasteiger partial charge in [-0.1, -0.05) is 66.6 Å². The van der Waals surface area contributed by atoms with E-state index in [0.717, 1.165) is 132 Å². The van der Waals surface area contributed by atoms with Gasteiger partial charge in [0.15, 0.2) is 0 Å². The van der Waals surface area contributed by atoms with E-state index in [2.05, 4.69) is 60.3 Å². The van der Waals surface area contributed by atoms with Crippen LogP contribution in [0, 0.1) is 5.41 Å². The number of carbonyl (C=O) groups is 4. The van der Waals surface area contributed by atoms with Crippen molar-refractivity contribution in [2.75, 3.05) is 121 Å². The van der Waals surface area contributed by atoms with Gasteiger partial charge in [-0.3, -0.25) is 29.4 Å². The number of alkyl halides is 3.